The van der Waals surface area contributed by atoms with Gasteiger partial charge in [0, 0.05) is 13.2 Å². The number of hydrogen-bond donors (Lipinski definition) is 2. The Bertz CT molecular complexity index is 383. The number of aliphatic carboxylic acids is 1. The van der Waals surface area contributed by atoms with Crippen LogP contribution < -0.4 is 5.73 Å². The second-order valence-electron chi connectivity index (χ2n) is 4.70. The number of carbonyl (C=O) groups is 2. The van der Waals surface area contributed by atoms with Gasteiger partial charge < -0.3 is 20.5 Å². The Balaban J connectivity index is 1.94. The van der Waals surface area contributed by atoms with Gasteiger partial charge >= 0.3 is 5.97 Å². The number of nitrogens with zero attached hydrogens (tertiary/aromatic N) is 1. The minimum absolute atomic E-state index is 0.165. The molecule has 17 heavy (non-hydrogen) atoms. The molecule has 2 unspecified atom stereocenters. The zero-order chi connectivity index (χ0) is 12.2. The van der Waals surface area contributed by atoms with Crippen LogP contribution in [-0.2, 0) is 14.3 Å². The lowest BCUT2D eigenvalue weighted by molar-refractivity contribution is -0.160. The number of carbonyl (C=O) groups excluding carboxylic acids is 1. The van der Waals surface area contributed by atoms with Crippen molar-refractivity contribution in [1.29, 1.82) is 0 Å². The first-order valence-electron chi connectivity index (χ1n) is 5.63. The standard InChI is InChI=1S/C10H14N2O4S/c11-5-7(13)12-6(9(14)15)10(17-8(5)12)1-3-16-4-2-10/h5-6,8H,1-4,11H2,(H,14,15)/t5?,6?,8-/m1/s1. The van der Waals surface area contributed by atoms with E-state index in [1.54, 1.807) is 11.8 Å². The average Bonchev–Trinajstić information content (AvgIpc) is 2.62. The highest BCUT2D eigenvalue weighted by Gasteiger charge is 2.65. The lowest BCUT2D eigenvalue weighted by Gasteiger charge is -2.42. The van der Waals surface area contributed by atoms with Crippen LogP contribution in [0.25, 0.3) is 0 Å². The van der Waals surface area contributed by atoms with Crippen LogP contribution in [0.15, 0.2) is 0 Å². The highest BCUT2D eigenvalue weighted by Crippen LogP contribution is 2.54. The lowest BCUT2D eigenvalue weighted by Crippen LogP contribution is -2.69. The maximum atomic E-state index is 11.7. The molecular weight excluding hydrogens is 244 g/mol. The summed E-state index contributed by atoms with van der Waals surface area (Å²) in [6.45, 7) is 1.11. The third kappa shape index (κ3) is 1.36. The summed E-state index contributed by atoms with van der Waals surface area (Å²) in [6.07, 6.45) is 1.34. The number of β-lactam (4-membered cyclic amide) rings is 1. The largest absolute Gasteiger partial charge is 0.480 e. The second kappa shape index (κ2) is 3.60. The molecule has 94 valence electrons. The fraction of sp³-hybridized carbons (Fsp3) is 0.800. The van der Waals surface area contributed by atoms with Gasteiger partial charge in [0.25, 0.3) is 0 Å². The number of carboxylic acids is 1. The van der Waals surface area contributed by atoms with Gasteiger partial charge in [0.1, 0.15) is 17.5 Å². The smallest absolute Gasteiger partial charge is 0.327 e. The van der Waals surface area contributed by atoms with Gasteiger partial charge in [-0.05, 0) is 12.8 Å². The summed E-state index contributed by atoms with van der Waals surface area (Å²) < 4.78 is 4.88. The first kappa shape index (κ1) is 11.3. The minimum atomic E-state index is -0.929. The summed E-state index contributed by atoms with van der Waals surface area (Å²) in [4.78, 5) is 24.6. The summed E-state index contributed by atoms with van der Waals surface area (Å²) in [5, 5.41) is 9.20. The normalized spacial score (nSPS) is 39.0. The Hall–Kier alpha value is -0.790. The monoisotopic (exact) mass is 258 g/mol. The van der Waals surface area contributed by atoms with Crippen molar-refractivity contribution >= 4 is 23.6 Å². The molecule has 0 aromatic rings. The fourth-order valence-electron chi connectivity index (χ4n) is 2.93. The van der Waals surface area contributed by atoms with E-state index >= 15 is 0 Å². The summed E-state index contributed by atoms with van der Waals surface area (Å²) in [5.41, 5.74) is 5.72. The summed E-state index contributed by atoms with van der Waals surface area (Å²) in [6, 6.07) is -1.28. The van der Waals surface area contributed by atoms with Crippen LogP contribution >= 0.6 is 11.8 Å². The molecule has 3 aliphatic heterocycles. The predicted octanol–water partition coefficient (Wildman–Crippen LogP) is -0.769. The van der Waals surface area contributed by atoms with Crippen molar-refractivity contribution in [2.24, 2.45) is 5.73 Å². The Morgan fingerprint density at radius 1 is 1.53 bits per heavy atom. The van der Waals surface area contributed by atoms with Gasteiger partial charge in [0.2, 0.25) is 5.91 Å². The molecule has 1 spiro atoms. The third-order valence-corrected chi connectivity index (χ3v) is 5.69. The Labute approximate surface area is 102 Å². The average molecular weight is 258 g/mol. The van der Waals surface area contributed by atoms with Gasteiger partial charge in [0.05, 0.1) is 4.75 Å². The van der Waals surface area contributed by atoms with Crippen LogP contribution in [0.4, 0.5) is 0 Å². The van der Waals surface area contributed by atoms with E-state index in [0.717, 1.165) is 0 Å². The molecule has 0 radical (unpaired) electrons. The van der Waals surface area contributed by atoms with Gasteiger partial charge in [-0.2, -0.15) is 0 Å². The third-order valence-electron chi connectivity index (χ3n) is 3.83. The summed E-state index contributed by atoms with van der Waals surface area (Å²) in [7, 11) is 0. The number of nitrogens with two attached hydrogens (primary N) is 1. The van der Waals surface area contributed by atoms with Crippen LogP contribution in [0, 0.1) is 0 Å². The molecule has 6 nitrogen and oxygen atoms in total. The molecule has 7 heteroatoms. The molecule has 3 N–H and O–H groups in total. The predicted molar refractivity (Wildman–Crippen MR) is 60.4 cm³/mol. The second-order valence-corrected chi connectivity index (χ2v) is 6.23. The van der Waals surface area contributed by atoms with Crippen molar-refractivity contribution in [3.05, 3.63) is 0 Å². The fourth-order valence-corrected chi connectivity index (χ4v) is 4.75. The van der Waals surface area contributed by atoms with Crippen molar-refractivity contribution in [2.45, 2.75) is 35.0 Å². The van der Waals surface area contributed by atoms with E-state index in [4.69, 9.17) is 10.5 Å². The zero-order valence-corrected chi connectivity index (χ0v) is 9.98. The Morgan fingerprint density at radius 2 is 2.18 bits per heavy atom. The molecule has 3 fully saturated rings. The van der Waals surface area contributed by atoms with Crippen LogP contribution in [-0.4, -0.2) is 57.3 Å². The van der Waals surface area contributed by atoms with E-state index in [9.17, 15) is 14.7 Å². The number of fused-ring (bicyclic) bond motifs is 1. The van der Waals surface area contributed by atoms with Gasteiger partial charge in [-0.3, -0.25) is 4.79 Å². The molecule has 3 saturated heterocycles. The van der Waals surface area contributed by atoms with E-state index in [0.29, 0.717) is 26.1 Å². The maximum absolute atomic E-state index is 11.7. The van der Waals surface area contributed by atoms with Crippen molar-refractivity contribution in [3.63, 3.8) is 0 Å². The first-order valence-corrected chi connectivity index (χ1v) is 6.51. The number of hydrogen-bond acceptors (Lipinski definition) is 5. The van der Waals surface area contributed by atoms with Gasteiger partial charge in [0.15, 0.2) is 0 Å². The highest BCUT2D eigenvalue weighted by molar-refractivity contribution is 8.01. The van der Waals surface area contributed by atoms with Crippen molar-refractivity contribution < 1.29 is 19.4 Å². The van der Waals surface area contributed by atoms with Crippen molar-refractivity contribution in [1.82, 2.24) is 4.90 Å². The van der Waals surface area contributed by atoms with Crippen LogP contribution in [0.1, 0.15) is 12.8 Å². The molecule has 3 atom stereocenters. The van der Waals surface area contributed by atoms with E-state index < -0.39 is 22.8 Å². The first-order chi connectivity index (χ1) is 8.07. The minimum Gasteiger partial charge on any atom is -0.480 e. The molecule has 1 amide bonds. The van der Waals surface area contributed by atoms with Crippen molar-refractivity contribution in [3.8, 4) is 0 Å². The number of amides is 1. The van der Waals surface area contributed by atoms with Crippen LogP contribution in [0.3, 0.4) is 0 Å². The molecule has 0 aromatic carbocycles. The van der Waals surface area contributed by atoms with Crippen LogP contribution in [0.5, 0.6) is 0 Å². The molecule has 3 rings (SSSR count). The van der Waals surface area contributed by atoms with E-state index in [2.05, 4.69) is 0 Å². The number of rotatable bonds is 1. The van der Waals surface area contributed by atoms with Gasteiger partial charge in [-0.1, -0.05) is 0 Å². The maximum Gasteiger partial charge on any atom is 0.327 e. The quantitative estimate of drug-likeness (QED) is 0.600. The summed E-state index contributed by atoms with van der Waals surface area (Å²) >= 11 is 1.55. The molecule has 3 heterocycles. The Morgan fingerprint density at radius 3 is 2.76 bits per heavy atom. The topological polar surface area (TPSA) is 92.9 Å². The number of ether oxygens (including phenoxy) is 1. The van der Waals surface area contributed by atoms with Gasteiger partial charge in [-0.15, -0.1) is 11.8 Å². The lowest BCUT2D eigenvalue weighted by atomic mass is 9.87. The molecule has 0 saturated carbocycles. The molecule has 0 aliphatic carbocycles. The van der Waals surface area contributed by atoms with Crippen LogP contribution in [0.2, 0.25) is 0 Å². The highest BCUT2D eigenvalue weighted by atomic mass is 32.2. The zero-order valence-electron chi connectivity index (χ0n) is 9.17. The van der Waals surface area contributed by atoms with E-state index in [1.807, 2.05) is 0 Å². The molecule has 0 bridgehead atoms. The van der Waals surface area contributed by atoms with Crippen molar-refractivity contribution in [2.75, 3.05) is 13.2 Å². The van der Waals surface area contributed by atoms with E-state index in [1.165, 1.54) is 4.90 Å². The van der Waals surface area contributed by atoms with E-state index in [-0.39, 0.29) is 11.3 Å². The number of carboxylic acid groups (broad SMARTS) is 1. The molecule has 0 aromatic heterocycles. The summed E-state index contributed by atoms with van der Waals surface area (Å²) in [5.74, 6) is -1.17. The molecular formula is C10H14N2O4S. The number of thioether (sulfide) groups is 1. The molecule has 3 aliphatic rings. The van der Waals surface area contributed by atoms with Gasteiger partial charge in [-0.25, -0.2) is 4.79 Å². The SMILES string of the molecule is NC1C(=O)N2C(C(=O)O)C3(CCOCC3)S[C@H]12. The Kier molecular flexibility index (Phi) is 2.39.